The zero-order chi connectivity index (χ0) is 23.9. The van der Waals surface area contributed by atoms with E-state index < -0.39 is 23.2 Å². The van der Waals surface area contributed by atoms with E-state index in [0.717, 1.165) is 23.5 Å². The molecule has 0 bridgehead atoms. The van der Waals surface area contributed by atoms with E-state index in [2.05, 4.69) is 35.5 Å². The Kier molecular flexibility index (Phi) is 5.25. The molecule has 5 rings (SSSR count). The van der Waals surface area contributed by atoms with E-state index in [1.54, 1.807) is 6.33 Å². The number of hydrogen-bond acceptors (Lipinski definition) is 6. The van der Waals surface area contributed by atoms with Crippen LogP contribution in [0.1, 0.15) is 18.4 Å². The molecule has 10 nitrogen and oxygen atoms in total. The standard InChI is InChI=1S/C21H21F3N8O2/c22-21(23,24)13-1-3-14(4-2-13)29-15(33)9-32-10-20(30-19(32)34)5-7-31(8-6-20)18-16-17(26-11-25-16)27-12-28-18/h1-4,11-12H,5-10H2,(H,29,33)(H,30,34)(H,25,26,27,28). The highest BCUT2D eigenvalue weighted by atomic mass is 19.4. The SMILES string of the molecule is O=C(CN1CC2(CCN(c3ncnc4nc[nH]c34)CC2)NC1=O)Nc1ccc(C(F)(F)F)cc1. The number of urea groups is 1. The number of nitrogens with one attached hydrogen (secondary N) is 3. The van der Waals surface area contributed by atoms with Crippen LogP contribution in [0.25, 0.3) is 11.2 Å². The van der Waals surface area contributed by atoms with Gasteiger partial charge >= 0.3 is 12.2 Å². The molecule has 1 aromatic carbocycles. The van der Waals surface area contributed by atoms with Crippen molar-refractivity contribution in [3.05, 3.63) is 42.5 Å². The predicted octanol–water partition coefficient (Wildman–Crippen LogP) is 2.37. The van der Waals surface area contributed by atoms with Gasteiger partial charge in [0.2, 0.25) is 5.91 Å². The lowest BCUT2D eigenvalue weighted by atomic mass is 9.88. The van der Waals surface area contributed by atoms with Crippen molar-refractivity contribution in [2.24, 2.45) is 0 Å². The molecule has 2 aliphatic rings. The van der Waals surface area contributed by atoms with Gasteiger partial charge in [0.05, 0.1) is 17.4 Å². The maximum atomic E-state index is 12.7. The summed E-state index contributed by atoms with van der Waals surface area (Å²) in [6.07, 6.45) is -0.0843. The van der Waals surface area contributed by atoms with Gasteiger partial charge in [0.1, 0.15) is 18.4 Å². The fourth-order valence-corrected chi connectivity index (χ4v) is 4.45. The van der Waals surface area contributed by atoms with Crippen LogP contribution in [0, 0.1) is 0 Å². The average molecular weight is 474 g/mol. The number of carbonyl (C=O) groups is 2. The van der Waals surface area contributed by atoms with Crippen LogP contribution in [0.2, 0.25) is 0 Å². The summed E-state index contributed by atoms with van der Waals surface area (Å²) in [4.78, 5) is 44.2. The van der Waals surface area contributed by atoms with Crippen molar-refractivity contribution in [2.75, 3.05) is 36.4 Å². The van der Waals surface area contributed by atoms with Gasteiger partial charge in [0, 0.05) is 25.3 Å². The molecule has 2 aliphatic heterocycles. The predicted molar refractivity (Wildman–Crippen MR) is 116 cm³/mol. The first-order chi connectivity index (χ1) is 16.2. The van der Waals surface area contributed by atoms with E-state index in [9.17, 15) is 22.8 Å². The zero-order valence-corrected chi connectivity index (χ0v) is 17.9. The van der Waals surface area contributed by atoms with E-state index in [0.29, 0.717) is 38.1 Å². The van der Waals surface area contributed by atoms with Crippen LogP contribution < -0.4 is 15.5 Å². The van der Waals surface area contributed by atoms with Crippen LogP contribution in [0.4, 0.5) is 29.5 Å². The van der Waals surface area contributed by atoms with Crippen LogP contribution in [0.15, 0.2) is 36.9 Å². The molecule has 2 saturated heterocycles. The fourth-order valence-electron chi connectivity index (χ4n) is 4.45. The molecule has 1 spiro atoms. The van der Waals surface area contributed by atoms with Gasteiger partial charge in [-0.05, 0) is 37.1 Å². The molecular formula is C21H21F3N8O2. The van der Waals surface area contributed by atoms with Gasteiger partial charge in [-0.25, -0.2) is 19.7 Å². The number of fused-ring (bicyclic) bond motifs is 1. The van der Waals surface area contributed by atoms with Gasteiger partial charge in [-0.2, -0.15) is 13.2 Å². The first kappa shape index (κ1) is 21.9. The van der Waals surface area contributed by atoms with Crippen molar-refractivity contribution >= 4 is 34.6 Å². The van der Waals surface area contributed by atoms with Gasteiger partial charge in [-0.1, -0.05) is 0 Å². The van der Waals surface area contributed by atoms with Gasteiger partial charge in [-0.15, -0.1) is 0 Å². The molecule has 3 N–H and O–H groups in total. The van der Waals surface area contributed by atoms with Crippen LogP contribution >= 0.6 is 0 Å². The Bertz CT molecular complexity index is 1220. The van der Waals surface area contributed by atoms with Crippen LogP contribution in [0.5, 0.6) is 0 Å². The number of rotatable bonds is 4. The lowest BCUT2D eigenvalue weighted by molar-refractivity contribution is -0.137. The number of benzene rings is 1. The number of carbonyl (C=O) groups excluding carboxylic acids is 2. The number of amides is 3. The molecule has 2 fully saturated rings. The third-order valence-corrected chi connectivity index (χ3v) is 6.21. The molecule has 34 heavy (non-hydrogen) atoms. The van der Waals surface area contributed by atoms with E-state index in [-0.39, 0.29) is 18.3 Å². The molecule has 3 aromatic rings. The Labute approximate surface area is 191 Å². The molecule has 3 amide bonds. The lowest BCUT2D eigenvalue weighted by Crippen LogP contribution is -2.52. The summed E-state index contributed by atoms with van der Waals surface area (Å²) in [7, 11) is 0. The minimum Gasteiger partial charge on any atom is -0.355 e. The summed E-state index contributed by atoms with van der Waals surface area (Å²) in [5.41, 5.74) is 0.325. The quantitative estimate of drug-likeness (QED) is 0.534. The number of imidazole rings is 1. The van der Waals surface area contributed by atoms with E-state index in [4.69, 9.17) is 0 Å². The Morgan fingerprint density at radius 1 is 1.12 bits per heavy atom. The third-order valence-electron chi connectivity index (χ3n) is 6.21. The van der Waals surface area contributed by atoms with Crippen molar-refractivity contribution in [3.63, 3.8) is 0 Å². The van der Waals surface area contributed by atoms with Crippen LogP contribution in [-0.4, -0.2) is 68.5 Å². The summed E-state index contributed by atoms with van der Waals surface area (Å²) >= 11 is 0. The normalized spacial score (nSPS) is 17.9. The van der Waals surface area contributed by atoms with Crippen LogP contribution in [0.3, 0.4) is 0 Å². The van der Waals surface area contributed by atoms with Crippen molar-refractivity contribution in [2.45, 2.75) is 24.6 Å². The number of nitrogens with zero attached hydrogens (tertiary/aromatic N) is 5. The Hall–Kier alpha value is -3.90. The molecule has 178 valence electrons. The minimum atomic E-state index is -4.45. The number of alkyl halides is 3. The highest BCUT2D eigenvalue weighted by molar-refractivity contribution is 5.95. The molecule has 0 atom stereocenters. The second kappa shape index (κ2) is 8.15. The van der Waals surface area contributed by atoms with E-state index in [1.165, 1.54) is 23.4 Å². The number of halogens is 3. The van der Waals surface area contributed by atoms with Crippen LogP contribution in [-0.2, 0) is 11.0 Å². The average Bonchev–Trinajstić information content (AvgIpc) is 3.39. The van der Waals surface area contributed by atoms with Crippen molar-refractivity contribution in [1.29, 1.82) is 0 Å². The number of H-pyrrole nitrogens is 1. The zero-order valence-electron chi connectivity index (χ0n) is 17.9. The summed E-state index contributed by atoms with van der Waals surface area (Å²) in [6.45, 7) is 1.47. The van der Waals surface area contributed by atoms with Gasteiger partial charge in [-0.3, -0.25) is 4.79 Å². The molecule has 2 aromatic heterocycles. The summed E-state index contributed by atoms with van der Waals surface area (Å²) in [5, 5.41) is 5.56. The number of piperidine rings is 1. The van der Waals surface area contributed by atoms with Crippen molar-refractivity contribution in [1.82, 2.24) is 30.2 Å². The van der Waals surface area contributed by atoms with E-state index in [1.807, 2.05) is 0 Å². The van der Waals surface area contributed by atoms with E-state index >= 15 is 0 Å². The number of hydrogen-bond donors (Lipinski definition) is 3. The minimum absolute atomic E-state index is 0.195. The fraction of sp³-hybridized carbons (Fsp3) is 0.381. The van der Waals surface area contributed by atoms with Crippen molar-refractivity contribution in [3.8, 4) is 0 Å². The summed E-state index contributed by atoms with van der Waals surface area (Å²) in [5.74, 6) is 0.279. The lowest BCUT2D eigenvalue weighted by Gasteiger charge is -2.39. The first-order valence-corrected chi connectivity index (χ1v) is 10.7. The Balaban J connectivity index is 1.18. The van der Waals surface area contributed by atoms with Gasteiger partial charge < -0.3 is 25.4 Å². The number of anilines is 2. The highest BCUT2D eigenvalue weighted by Crippen LogP contribution is 2.32. The Morgan fingerprint density at radius 3 is 2.56 bits per heavy atom. The first-order valence-electron chi connectivity index (χ1n) is 10.7. The third kappa shape index (κ3) is 4.20. The molecule has 0 saturated carbocycles. The molecule has 13 heteroatoms. The largest absolute Gasteiger partial charge is 0.416 e. The molecule has 0 radical (unpaired) electrons. The summed E-state index contributed by atoms with van der Waals surface area (Å²) in [6, 6.07) is 3.83. The van der Waals surface area contributed by atoms with Gasteiger partial charge in [0.15, 0.2) is 11.5 Å². The van der Waals surface area contributed by atoms with Gasteiger partial charge in [0.25, 0.3) is 0 Å². The molecule has 0 aliphatic carbocycles. The maximum Gasteiger partial charge on any atom is 0.416 e. The molecule has 4 heterocycles. The number of aromatic amines is 1. The Morgan fingerprint density at radius 2 is 1.85 bits per heavy atom. The summed E-state index contributed by atoms with van der Waals surface area (Å²) < 4.78 is 38.1. The number of aromatic nitrogens is 4. The smallest absolute Gasteiger partial charge is 0.355 e. The molecular weight excluding hydrogens is 453 g/mol. The highest BCUT2D eigenvalue weighted by Gasteiger charge is 2.45. The second-order valence-corrected chi connectivity index (χ2v) is 8.48. The molecule has 0 unspecified atom stereocenters. The van der Waals surface area contributed by atoms with Crippen molar-refractivity contribution < 1.29 is 22.8 Å². The monoisotopic (exact) mass is 474 g/mol. The second-order valence-electron chi connectivity index (χ2n) is 8.48. The topological polar surface area (TPSA) is 119 Å². The maximum absolute atomic E-state index is 12.7.